The van der Waals surface area contributed by atoms with Crippen molar-refractivity contribution in [3.63, 3.8) is 0 Å². The number of nitrogens with zero attached hydrogens (tertiary/aromatic N) is 3. The quantitative estimate of drug-likeness (QED) is 0.330. The van der Waals surface area contributed by atoms with Crippen molar-refractivity contribution >= 4 is 46.6 Å². The standard InChI is InChI=1S/C28H35Cl2N5O2/c1-17(2)15-34(27(37)31-22-10-9-20(29)13-21(22)30)16-26(36)32-25-14-24(28(5,6)7)33-35(25)23-11-8-18(3)12-19(23)4/h8-14,17H,15-16H2,1-7H3,(H,31,37)(H,32,36). The van der Waals surface area contributed by atoms with E-state index in [0.29, 0.717) is 28.1 Å². The summed E-state index contributed by atoms with van der Waals surface area (Å²) in [6.07, 6.45) is 0. The van der Waals surface area contributed by atoms with E-state index in [1.807, 2.05) is 45.9 Å². The highest BCUT2D eigenvalue weighted by molar-refractivity contribution is 6.36. The molecular formula is C28H35Cl2N5O2. The van der Waals surface area contributed by atoms with Gasteiger partial charge in [-0.05, 0) is 49.6 Å². The van der Waals surface area contributed by atoms with Crippen LogP contribution in [0, 0.1) is 19.8 Å². The number of hydrogen-bond acceptors (Lipinski definition) is 3. The molecule has 0 bridgehead atoms. The molecule has 0 radical (unpaired) electrons. The minimum Gasteiger partial charge on any atom is -0.315 e. The van der Waals surface area contributed by atoms with Gasteiger partial charge in [0.05, 0.1) is 22.1 Å². The van der Waals surface area contributed by atoms with Gasteiger partial charge in [0.25, 0.3) is 0 Å². The third-order valence-corrected chi connectivity index (χ3v) is 6.25. The number of halogens is 2. The van der Waals surface area contributed by atoms with E-state index in [1.165, 1.54) is 4.90 Å². The number of urea groups is 1. The second kappa shape index (κ2) is 11.6. The highest BCUT2D eigenvalue weighted by Gasteiger charge is 2.24. The third kappa shape index (κ3) is 7.49. The van der Waals surface area contributed by atoms with Gasteiger partial charge in [-0.25, -0.2) is 9.48 Å². The van der Waals surface area contributed by atoms with Crippen molar-refractivity contribution in [3.8, 4) is 5.69 Å². The van der Waals surface area contributed by atoms with Crippen molar-refractivity contribution in [3.05, 3.63) is 69.3 Å². The number of carbonyl (C=O) groups excluding carboxylic acids is 2. The number of benzene rings is 2. The first-order chi connectivity index (χ1) is 17.2. The van der Waals surface area contributed by atoms with Crippen molar-refractivity contribution in [2.75, 3.05) is 23.7 Å². The molecule has 0 aliphatic rings. The smallest absolute Gasteiger partial charge is 0.315 e. The van der Waals surface area contributed by atoms with Crippen LogP contribution < -0.4 is 10.6 Å². The van der Waals surface area contributed by atoms with Gasteiger partial charge in [-0.2, -0.15) is 5.10 Å². The molecule has 0 atom stereocenters. The Bertz CT molecular complexity index is 1290. The molecule has 37 heavy (non-hydrogen) atoms. The maximum Gasteiger partial charge on any atom is 0.322 e. The number of nitrogens with one attached hydrogen (secondary N) is 2. The Labute approximate surface area is 229 Å². The molecule has 0 unspecified atom stereocenters. The highest BCUT2D eigenvalue weighted by Crippen LogP contribution is 2.28. The van der Waals surface area contributed by atoms with E-state index in [2.05, 4.69) is 37.5 Å². The lowest BCUT2D eigenvalue weighted by Crippen LogP contribution is -2.42. The van der Waals surface area contributed by atoms with Crippen molar-refractivity contribution in [2.45, 2.75) is 53.9 Å². The molecule has 198 valence electrons. The Kier molecular flexibility index (Phi) is 8.92. The maximum atomic E-state index is 13.2. The fourth-order valence-corrected chi connectivity index (χ4v) is 4.32. The van der Waals surface area contributed by atoms with Crippen LogP contribution in [0.2, 0.25) is 10.0 Å². The van der Waals surface area contributed by atoms with E-state index >= 15 is 0 Å². The van der Waals surface area contributed by atoms with E-state index in [0.717, 1.165) is 22.5 Å². The number of anilines is 2. The number of aryl methyl sites for hydroxylation is 2. The third-order valence-electron chi connectivity index (χ3n) is 5.71. The summed E-state index contributed by atoms with van der Waals surface area (Å²) in [5.41, 5.74) is 4.12. The van der Waals surface area contributed by atoms with Crippen LogP contribution in [0.4, 0.5) is 16.3 Å². The summed E-state index contributed by atoms with van der Waals surface area (Å²) in [6.45, 7) is 14.5. The Morgan fingerprint density at radius 2 is 1.73 bits per heavy atom. The number of hydrogen-bond donors (Lipinski definition) is 2. The first kappa shape index (κ1) is 28.5. The number of aromatic nitrogens is 2. The van der Waals surface area contributed by atoms with Crippen LogP contribution >= 0.6 is 23.2 Å². The minimum atomic E-state index is -0.425. The van der Waals surface area contributed by atoms with Gasteiger partial charge >= 0.3 is 6.03 Å². The van der Waals surface area contributed by atoms with Gasteiger partial charge in [-0.3, -0.25) is 4.79 Å². The molecule has 9 heteroatoms. The molecule has 1 heterocycles. The van der Waals surface area contributed by atoms with Gasteiger partial charge in [0.15, 0.2) is 0 Å². The van der Waals surface area contributed by atoms with Crippen LogP contribution in [0.15, 0.2) is 42.5 Å². The van der Waals surface area contributed by atoms with E-state index in [1.54, 1.807) is 22.9 Å². The van der Waals surface area contributed by atoms with E-state index in [-0.39, 0.29) is 23.8 Å². The minimum absolute atomic E-state index is 0.141. The van der Waals surface area contributed by atoms with Crippen LogP contribution in [0.25, 0.3) is 5.69 Å². The summed E-state index contributed by atoms with van der Waals surface area (Å²) >= 11 is 12.2. The molecular weight excluding hydrogens is 509 g/mol. The SMILES string of the molecule is Cc1ccc(-n2nc(C(C)(C)C)cc2NC(=O)CN(CC(C)C)C(=O)Nc2ccc(Cl)cc2Cl)c(C)c1. The molecule has 0 spiro atoms. The average molecular weight is 545 g/mol. The van der Waals surface area contributed by atoms with E-state index in [9.17, 15) is 9.59 Å². The average Bonchev–Trinajstić information content (AvgIpc) is 3.18. The summed E-state index contributed by atoms with van der Waals surface area (Å²) in [4.78, 5) is 27.8. The molecule has 0 aliphatic heterocycles. The lowest BCUT2D eigenvalue weighted by Gasteiger charge is -2.24. The first-order valence-electron chi connectivity index (χ1n) is 12.2. The van der Waals surface area contributed by atoms with Crippen LogP contribution in [0.3, 0.4) is 0 Å². The van der Waals surface area contributed by atoms with Gasteiger partial charge in [0.2, 0.25) is 5.91 Å². The molecule has 7 nitrogen and oxygen atoms in total. The van der Waals surface area contributed by atoms with Gasteiger partial charge in [-0.1, -0.05) is 75.5 Å². The zero-order valence-electron chi connectivity index (χ0n) is 22.4. The van der Waals surface area contributed by atoms with Gasteiger partial charge in [-0.15, -0.1) is 0 Å². The zero-order valence-corrected chi connectivity index (χ0v) is 24.0. The largest absolute Gasteiger partial charge is 0.322 e. The predicted octanol–water partition coefficient (Wildman–Crippen LogP) is 7.22. The Hall–Kier alpha value is -3.03. The molecule has 3 amide bonds. The number of amides is 3. The first-order valence-corrected chi connectivity index (χ1v) is 13.0. The van der Waals surface area contributed by atoms with Gasteiger partial charge < -0.3 is 15.5 Å². The van der Waals surface area contributed by atoms with E-state index < -0.39 is 6.03 Å². The lowest BCUT2D eigenvalue weighted by atomic mass is 9.92. The monoisotopic (exact) mass is 543 g/mol. The fraction of sp³-hybridized carbons (Fsp3) is 0.393. The maximum absolute atomic E-state index is 13.2. The molecule has 0 aliphatic carbocycles. The molecule has 0 fully saturated rings. The van der Waals surface area contributed by atoms with Gasteiger partial charge in [0.1, 0.15) is 12.4 Å². The zero-order chi connectivity index (χ0) is 27.5. The number of carbonyl (C=O) groups is 2. The summed E-state index contributed by atoms with van der Waals surface area (Å²) in [5.74, 6) is 0.365. The summed E-state index contributed by atoms with van der Waals surface area (Å²) in [5, 5.41) is 11.4. The van der Waals surface area contributed by atoms with E-state index in [4.69, 9.17) is 28.3 Å². The Morgan fingerprint density at radius 3 is 2.32 bits per heavy atom. The second-order valence-corrected chi connectivity index (χ2v) is 11.6. The molecule has 2 aromatic carbocycles. The lowest BCUT2D eigenvalue weighted by molar-refractivity contribution is -0.116. The fourth-order valence-electron chi connectivity index (χ4n) is 3.86. The summed E-state index contributed by atoms with van der Waals surface area (Å²) in [7, 11) is 0. The van der Waals surface area contributed by atoms with Crippen LogP contribution in [-0.4, -0.2) is 39.7 Å². The summed E-state index contributed by atoms with van der Waals surface area (Å²) < 4.78 is 1.76. The molecule has 3 aromatic rings. The van der Waals surface area contributed by atoms with Crippen molar-refractivity contribution in [2.24, 2.45) is 5.92 Å². The number of rotatable bonds is 7. The predicted molar refractivity (Wildman–Crippen MR) is 152 cm³/mol. The highest BCUT2D eigenvalue weighted by atomic mass is 35.5. The summed E-state index contributed by atoms with van der Waals surface area (Å²) in [6, 6.07) is 12.4. The second-order valence-electron chi connectivity index (χ2n) is 10.7. The molecule has 3 rings (SSSR count). The van der Waals surface area contributed by atoms with Crippen molar-refractivity contribution < 1.29 is 9.59 Å². The molecule has 0 saturated carbocycles. The Morgan fingerprint density at radius 1 is 1.03 bits per heavy atom. The molecule has 0 saturated heterocycles. The topological polar surface area (TPSA) is 79.3 Å². The Balaban J connectivity index is 1.86. The molecule has 1 aromatic heterocycles. The van der Waals surface area contributed by atoms with Crippen LogP contribution in [0.1, 0.15) is 51.4 Å². The van der Waals surface area contributed by atoms with Crippen molar-refractivity contribution in [1.82, 2.24) is 14.7 Å². The van der Waals surface area contributed by atoms with Crippen LogP contribution in [0.5, 0.6) is 0 Å². The van der Waals surface area contributed by atoms with Gasteiger partial charge in [0, 0.05) is 23.0 Å². The molecule has 2 N–H and O–H groups in total. The van der Waals surface area contributed by atoms with Crippen molar-refractivity contribution in [1.29, 1.82) is 0 Å². The normalized spacial score (nSPS) is 11.5. The van der Waals surface area contributed by atoms with Crippen LogP contribution in [-0.2, 0) is 10.2 Å².